The lowest BCUT2D eigenvalue weighted by Crippen LogP contribution is -2.02. The zero-order valence-corrected chi connectivity index (χ0v) is 12.1. The number of anilines is 1. The van der Waals surface area contributed by atoms with Gasteiger partial charge in [-0.15, -0.1) is 0 Å². The highest BCUT2D eigenvalue weighted by Gasteiger charge is 2.10. The summed E-state index contributed by atoms with van der Waals surface area (Å²) in [7, 11) is 0. The Morgan fingerprint density at radius 1 is 1.20 bits per heavy atom. The van der Waals surface area contributed by atoms with E-state index in [-0.39, 0.29) is 5.69 Å². The van der Waals surface area contributed by atoms with E-state index >= 15 is 0 Å². The minimum Gasteiger partial charge on any atom is -0.381 e. The van der Waals surface area contributed by atoms with Crippen LogP contribution >= 0.6 is 11.6 Å². The standard InChI is InChI=1S/C15H15ClN2O2/c1-10-3-4-11(2)15(7-10)17-9-12-8-13(18(19)20)5-6-14(12)16/h3-8,17H,9H2,1-2H3. The van der Waals surface area contributed by atoms with Crippen molar-refractivity contribution < 1.29 is 4.92 Å². The van der Waals surface area contributed by atoms with E-state index < -0.39 is 4.92 Å². The average Bonchev–Trinajstić information content (AvgIpc) is 2.41. The number of nitrogens with one attached hydrogen (secondary N) is 1. The Balaban J connectivity index is 2.20. The van der Waals surface area contributed by atoms with Crippen LogP contribution in [0.15, 0.2) is 36.4 Å². The normalized spacial score (nSPS) is 10.3. The van der Waals surface area contributed by atoms with Crippen molar-refractivity contribution in [1.82, 2.24) is 0 Å². The first kappa shape index (κ1) is 14.3. The molecule has 4 nitrogen and oxygen atoms in total. The van der Waals surface area contributed by atoms with E-state index in [0.29, 0.717) is 17.1 Å². The molecule has 0 aromatic heterocycles. The Bertz CT molecular complexity index is 656. The number of aryl methyl sites for hydroxylation is 2. The summed E-state index contributed by atoms with van der Waals surface area (Å²) >= 11 is 6.08. The first-order chi connectivity index (χ1) is 9.47. The van der Waals surface area contributed by atoms with Gasteiger partial charge in [-0.2, -0.15) is 0 Å². The molecule has 0 saturated heterocycles. The summed E-state index contributed by atoms with van der Waals surface area (Å²) < 4.78 is 0. The summed E-state index contributed by atoms with van der Waals surface area (Å²) in [5, 5.41) is 14.6. The number of halogens is 1. The van der Waals surface area contributed by atoms with Crippen LogP contribution in [0.2, 0.25) is 5.02 Å². The zero-order chi connectivity index (χ0) is 14.7. The van der Waals surface area contributed by atoms with Crippen LogP contribution in [-0.2, 0) is 6.54 Å². The maximum atomic E-state index is 10.8. The molecule has 20 heavy (non-hydrogen) atoms. The molecule has 0 aliphatic heterocycles. The zero-order valence-electron chi connectivity index (χ0n) is 11.3. The number of non-ortho nitro benzene ring substituents is 1. The molecule has 0 fully saturated rings. The Morgan fingerprint density at radius 3 is 2.65 bits per heavy atom. The summed E-state index contributed by atoms with van der Waals surface area (Å²) in [6, 6.07) is 10.6. The molecule has 2 aromatic rings. The van der Waals surface area contributed by atoms with E-state index in [1.54, 1.807) is 6.07 Å². The van der Waals surface area contributed by atoms with Crippen LogP contribution in [-0.4, -0.2) is 4.92 Å². The van der Waals surface area contributed by atoms with E-state index in [1.165, 1.54) is 12.1 Å². The molecule has 0 aliphatic rings. The van der Waals surface area contributed by atoms with E-state index in [2.05, 4.69) is 5.32 Å². The molecule has 0 saturated carbocycles. The van der Waals surface area contributed by atoms with Gasteiger partial charge in [0.05, 0.1) is 4.92 Å². The molecule has 0 unspecified atom stereocenters. The molecular formula is C15H15ClN2O2. The largest absolute Gasteiger partial charge is 0.381 e. The van der Waals surface area contributed by atoms with Gasteiger partial charge in [0.25, 0.3) is 5.69 Å². The number of benzene rings is 2. The molecule has 0 aliphatic carbocycles. The quantitative estimate of drug-likeness (QED) is 0.667. The van der Waals surface area contributed by atoms with Crippen molar-refractivity contribution in [3.8, 4) is 0 Å². The highest BCUT2D eigenvalue weighted by atomic mass is 35.5. The predicted octanol–water partition coefficient (Wildman–Crippen LogP) is 4.48. The van der Waals surface area contributed by atoms with Gasteiger partial charge in [-0.05, 0) is 42.7 Å². The second-order valence-corrected chi connectivity index (χ2v) is 5.11. The second kappa shape index (κ2) is 5.92. The number of hydrogen-bond donors (Lipinski definition) is 1. The third-order valence-corrected chi connectivity index (χ3v) is 3.47. The highest BCUT2D eigenvalue weighted by molar-refractivity contribution is 6.31. The third-order valence-electron chi connectivity index (χ3n) is 3.10. The summed E-state index contributed by atoms with van der Waals surface area (Å²) in [4.78, 5) is 10.4. The van der Waals surface area contributed by atoms with Crippen LogP contribution in [0.4, 0.5) is 11.4 Å². The van der Waals surface area contributed by atoms with Gasteiger partial charge in [-0.25, -0.2) is 0 Å². The van der Waals surface area contributed by atoms with Crippen molar-refractivity contribution in [1.29, 1.82) is 0 Å². The van der Waals surface area contributed by atoms with Crippen molar-refractivity contribution in [2.45, 2.75) is 20.4 Å². The third kappa shape index (κ3) is 3.27. The van der Waals surface area contributed by atoms with Crippen molar-refractivity contribution in [3.05, 3.63) is 68.2 Å². The van der Waals surface area contributed by atoms with Crippen LogP contribution in [0.25, 0.3) is 0 Å². The first-order valence-electron chi connectivity index (χ1n) is 6.21. The minimum atomic E-state index is -0.419. The molecule has 1 N–H and O–H groups in total. The van der Waals surface area contributed by atoms with Gasteiger partial charge in [0, 0.05) is 29.4 Å². The molecule has 5 heteroatoms. The topological polar surface area (TPSA) is 55.2 Å². The average molecular weight is 291 g/mol. The monoisotopic (exact) mass is 290 g/mol. The number of nitrogens with zero attached hydrogens (tertiary/aromatic N) is 1. The van der Waals surface area contributed by atoms with Crippen LogP contribution in [0, 0.1) is 24.0 Å². The Morgan fingerprint density at radius 2 is 1.95 bits per heavy atom. The molecule has 0 heterocycles. The lowest BCUT2D eigenvalue weighted by Gasteiger charge is -2.11. The fourth-order valence-corrected chi connectivity index (χ4v) is 2.11. The van der Waals surface area contributed by atoms with Gasteiger partial charge >= 0.3 is 0 Å². The molecular weight excluding hydrogens is 276 g/mol. The SMILES string of the molecule is Cc1ccc(C)c(NCc2cc([N+](=O)[O-])ccc2Cl)c1. The van der Waals surface area contributed by atoms with Gasteiger partial charge < -0.3 is 5.32 Å². The maximum Gasteiger partial charge on any atom is 0.269 e. The molecule has 0 radical (unpaired) electrons. The first-order valence-corrected chi connectivity index (χ1v) is 6.59. The van der Waals surface area contributed by atoms with Gasteiger partial charge in [0.2, 0.25) is 0 Å². The molecule has 0 amide bonds. The maximum absolute atomic E-state index is 10.8. The predicted molar refractivity (Wildman–Crippen MR) is 81.3 cm³/mol. The van der Waals surface area contributed by atoms with Crippen LogP contribution < -0.4 is 5.32 Å². The van der Waals surface area contributed by atoms with E-state index in [4.69, 9.17) is 11.6 Å². The van der Waals surface area contributed by atoms with E-state index in [9.17, 15) is 10.1 Å². The number of nitro benzene ring substituents is 1. The van der Waals surface area contributed by atoms with Crippen molar-refractivity contribution in [2.75, 3.05) is 5.32 Å². The van der Waals surface area contributed by atoms with Crippen molar-refractivity contribution in [2.24, 2.45) is 0 Å². The Labute approximate surface area is 122 Å². The number of rotatable bonds is 4. The van der Waals surface area contributed by atoms with E-state index in [1.807, 2.05) is 32.0 Å². The van der Waals surface area contributed by atoms with E-state index in [0.717, 1.165) is 16.8 Å². The van der Waals surface area contributed by atoms with Gasteiger partial charge in [-0.3, -0.25) is 10.1 Å². The molecule has 2 aromatic carbocycles. The fraction of sp³-hybridized carbons (Fsp3) is 0.200. The Hall–Kier alpha value is -2.07. The van der Waals surface area contributed by atoms with Gasteiger partial charge in [0.1, 0.15) is 0 Å². The minimum absolute atomic E-state index is 0.0483. The Kier molecular flexibility index (Phi) is 4.25. The van der Waals surface area contributed by atoms with Crippen LogP contribution in [0.3, 0.4) is 0 Å². The van der Waals surface area contributed by atoms with Crippen LogP contribution in [0.5, 0.6) is 0 Å². The molecule has 0 atom stereocenters. The van der Waals surface area contributed by atoms with Gasteiger partial charge in [-0.1, -0.05) is 23.7 Å². The number of nitro groups is 1. The summed E-state index contributed by atoms with van der Waals surface area (Å²) in [6.45, 7) is 4.48. The fourth-order valence-electron chi connectivity index (χ4n) is 1.93. The smallest absolute Gasteiger partial charge is 0.269 e. The lowest BCUT2D eigenvalue weighted by molar-refractivity contribution is -0.384. The molecule has 0 bridgehead atoms. The molecule has 104 valence electrons. The highest BCUT2D eigenvalue weighted by Crippen LogP contribution is 2.24. The lowest BCUT2D eigenvalue weighted by atomic mass is 10.1. The van der Waals surface area contributed by atoms with Gasteiger partial charge in [0.15, 0.2) is 0 Å². The van der Waals surface area contributed by atoms with Crippen molar-refractivity contribution >= 4 is 23.0 Å². The molecule has 0 spiro atoms. The summed E-state index contributed by atoms with van der Waals surface area (Å²) in [5.74, 6) is 0. The second-order valence-electron chi connectivity index (χ2n) is 4.70. The van der Waals surface area contributed by atoms with Crippen LogP contribution in [0.1, 0.15) is 16.7 Å². The van der Waals surface area contributed by atoms with Crippen molar-refractivity contribution in [3.63, 3.8) is 0 Å². The summed E-state index contributed by atoms with van der Waals surface area (Å²) in [5.41, 5.74) is 4.04. The summed E-state index contributed by atoms with van der Waals surface area (Å²) in [6.07, 6.45) is 0. The molecule has 2 rings (SSSR count). The number of hydrogen-bond acceptors (Lipinski definition) is 3.